The molecule has 0 aromatic heterocycles. The van der Waals surface area contributed by atoms with Gasteiger partial charge in [0.2, 0.25) is 5.91 Å². The third-order valence-corrected chi connectivity index (χ3v) is 2.81. The molecule has 0 spiro atoms. The maximum atomic E-state index is 11.9. The van der Waals surface area contributed by atoms with Gasteiger partial charge in [-0.1, -0.05) is 44.2 Å². The fourth-order valence-corrected chi connectivity index (χ4v) is 1.81. The minimum atomic E-state index is -0.625. The van der Waals surface area contributed by atoms with Crippen molar-refractivity contribution in [1.82, 2.24) is 5.32 Å². The summed E-state index contributed by atoms with van der Waals surface area (Å²) in [5.74, 6) is 0.116. The second-order valence-electron chi connectivity index (χ2n) is 4.70. The van der Waals surface area contributed by atoms with Gasteiger partial charge in [-0.15, -0.1) is 0 Å². The van der Waals surface area contributed by atoms with Gasteiger partial charge in [0, 0.05) is 7.11 Å². The monoisotopic (exact) mass is 250 g/mol. The number of nitrogens with two attached hydrogens (primary N) is 1. The van der Waals surface area contributed by atoms with Gasteiger partial charge >= 0.3 is 0 Å². The van der Waals surface area contributed by atoms with Gasteiger partial charge in [-0.25, -0.2) is 0 Å². The molecule has 0 radical (unpaired) electrons. The summed E-state index contributed by atoms with van der Waals surface area (Å²) >= 11 is 0. The van der Waals surface area contributed by atoms with E-state index < -0.39 is 6.04 Å². The van der Waals surface area contributed by atoms with E-state index in [1.807, 2.05) is 30.3 Å². The highest BCUT2D eigenvalue weighted by Gasteiger charge is 2.21. The van der Waals surface area contributed by atoms with Gasteiger partial charge in [0.05, 0.1) is 12.6 Å². The predicted molar refractivity (Wildman–Crippen MR) is 72.0 cm³/mol. The number of methoxy groups -OCH3 is 1. The van der Waals surface area contributed by atoms with Gasteiger partial charge in [0.25, 0.3) is 0 Å². The van der Waals surface area contributed by atoms with Crippen molar-refractivity contribution >= 4 is 5.91 Å². The molecule has 2 unspecified atom stereocenters. The third kappa shape index (κ3) is 4.13. The summed E-state index contributed by atoms with van der Waals surface area (Å²) in [6.07, 6.45) is 0. The Morgan fingerprint density at radius 3 is 2.44 bits per heavy atom. The summed E-state index contributed by atoms with van der Waals surface area (Å²) in [6.45, 7) is 4.37. The lowest BCUT2D eigenvalue weighted by molar-refractivity contribution is -0.124. The van der Waals surface area contributed by atoms with Crippen molar-refractivity contribution in [2.45, 2.75) is 25.9 Å². The lowest BCUT2D eigenvalue weighted by Crippen LogP contribution is -2.45. The maximum Gasteiger partial charge on any atom is 0.239 e. The molecule has 2 atom stereocenters. The highest BCUT2D eigenvalue weighted by Crippen LogP contribution is 2.21. The highest BCUT2D eigenvalue weighted by molar-refractivity contribution is 5.82. The Morgan fingerprint density at radius 2 is 1.94 bits per heavy atom. The second kappa shape index (κ2) is 7.13. The number of nitrogens with one attached hydrogen (secondary N) is 1. The second-order valence-corrected chi connectivity index (χ2v) is 4.70. The van der Waals surface area contributed by atoms with Crippen LogP contribution in [0.15, 0.2) is 30.3 Å². The molecule has 1 aromatic carbocycles. The van der Waals surface area contributed by atoms with E-state index in [9.17, 15) is 4.79 Å². The van der Waals surface area contributed by atoms with E-state index in [-0.39, 0.29) is 18.6 Å². The molecule has 18 heavy (non-hydrogen) atoms. The molecule has 0 saturated carbocycles. The number of ether oxygens (including phenoxy) is 1. The molecule has 0 bridgehead atoms. The summed E-state index contributed by atoms with van der Waals surface area (Å²) in [5.41, 5.74) is 6.81. The number of amides is 1. The zero-order valence-electron chi connectivity index (χ0n) is 11.2. The van der Waals surface area contributed by atoms with Gasteiger partial charge in [0.1, 0.15) is 6.04 Å². The maximum absolute atomic E-state index is 11.9. The Morgan fingerprint density at radius 1 is 1.33 bits per heavy atom. The van der Waals surface area contributed by atoms with Crippen molar-refractivity contribution in [1.29, 1.82) is 0 Å². The molecule has 0 fully saturated rings. The van der Waals surface area contributed by atoms with Gasteiger partial charge in [-0.3, -0.25) is 4.79 Å². The normalized spacial score (nSPS) is 14.3. The lowest BCUT2D eigenvalue weighted by atomic mass is 9.96. The van der Waals surface area contributed by atoms with E-state index in [0.29, 0.717) is 5.92 Å². The first-order valence-corrected chi connectivity index (χ1v) is 6.16. The Hall–Kier alpha value is -1.39. The van der Waals surface area contributed by atoms with Crippen LogP contribution in [0.2, 0.25) is 0 Å². The average molecular weight is 250 g/mol. The SMILES string of the molecule is COCC(N)C(=O)NC(c1ccccc1)C(C)C. The van der Waals surface area contributed by atoms with Crippen LogP contribution in [0.4, 0.5) is 0 Å². The van der Waals surface area contributed by atoms with Crippen LogP contribution < -0.4 is 11.1 Å². The molecule has 4 nitrogen and oxygen atoms in total. The summed E-state index contributed by atoms with van der Waals surface area (Å²) in [6, 6.07) is 9.25. The van der Waals surface area contributed by atoms with E-state index in [0.717, 1.165) is 5.56 Å². The Bertz CT molecular complexity index is 365. The molecule has 4 heteroatoms. The molecular formula is C14H22N2O2. The van der Waals surface area contributed by atoms with Crippen molar-refractivity contribution < 1.29 is 9.53 Å². The summed E-state index contributed by atoms with van der Waals surface area (Å²) in [5, 5.41) is 2.97. The third-order valence-electron chi connectivity index (χ3n) is 2.81. The van der Waals surface area contributed by atoms with Crippen molar-refractivity contribution in [3.63, 3.8) is 0 Å². The van der Waals surface area contributed by atoms with Gasteiger partial charge in [-0.2, -0.15) is 0 Å². The molecule has 1 rings (SSSR count). The molecule has 1 aromatic rings. The zero-order chi connectivity index (χ0) is 13.5. The number of carbonyl (C=O) groups excluding carboxylic acids is 1. The van der Waals surface area contributed by atoms with E-state index in [1.54, 1.807) is 0 Å². The van der Waals surface area contributed by atoms with E-state index in [4.69, 9.17) is 10.5 Å². The van der Waals surface area contributed by atoms with Crippen LogP contribution in [-0.4, -0.2) is 25.7 Å². The molecule has 0 aliphatic heterocycles. The fourth-order valence-electron chi connectivity index (χ4n) is 1.81. The van der Waals surface area contributed by atoms with Crippen LogP contribution in [0, 0.1) is 5.92 Å². The topological polar surface area (TPSA) is 64.3 Å². The fraction of sp³-hybridized carbons (Fsp3) is 0.500. The molecule has 3 N–H and O–H groups in total. The zero-order valence-corrected chi connectivity index (χ0v) is 11.2. The summed E-state index contributed by atoms with van der Waals surface area (Å²) in [7, 11) is 1.53. The molecule has 0 aliphatic rings. The van der Waals surface area contributed by atoms with Crippen LogP contribution in [0.25, 0.3) is 0 Å². The first kappa shape index (κ1) is 14.7. The van der Waals surface area contributed by atoms with Crippen LogP contribution in [0.5, 0.6) is 0 Å². The minimum Gasteiger partial charge on any atom is -0.383 e. The molecule has 0 aliphatic carbocycles. The number of rotatable bonds is 6. The number of carbonyl (C=O) groups is 1. The van der Waals surface area contributed by atoms with Crippen molar-refractivity contribution in [3.8, 4) is 0 Å². The van der Waals surface area contributed by atoms with E-state index >= 15 is 0 Å². The van der Waals surface area contributed by atoms with Crippen LogP contribution >= 0.6 is 0 Å². The number of hydrogen-bond donors (Lipinski definition) is 2. The number of hydrogen-bond acceptors (Lipinski definition) is 3. The van der Waals surface area contributed by atoms with Gasteiger partial charge in [-0.05, 0) is 11.5 Å². The predicted octanol–water partition coefficient (Wildman–Crippen LogP) is 1.47. The van der Waals surface area contributed by atoms with Gasteiger partial charge < -0.3 is 15.8 Å². The largest absolute Gasteiger partial charge is 0.383 e. The minimum absolute atomic E-state index is 0.0263. The van der Waals surface area contributed by atoms with Crippen LogP contribution in [0.1, 0.15) is 25.5 Å². The first-order valence-electron chi connectivity index (χ1n) is 6.16. The Kier molecular flexibility index (Phi) is 5.82. The molecule has 0 saturated heterocycles. The highest BCUT2D eigenvalue weighted by atomic mass is 16.5. The standard InChI is InChI=1S/C14H22N2O2/c1-10(2)13(11-7-5-4-6-8-11)16-14(17)12(15)9-18-3/h4-8,10,12-13H,9,15H2,1-3H3,(H,16,17). The first-order chi connectivity index (χ1) is 8.56. The van der Waals surface area contributed by atoms with Crippen molar-refractivity contribution in [3.05, 3.63) is 35.9 Å². The number of benzene rings is 1. The average Bonchev–Trinajstić information content (AvgIpc) is 2.36. The Balaban J connectivity index is 2.73. The summed E-state index contributed by atoms with van der Waals surface area (Å²) in [4.78, 5) is 11.9. The van der Waals surface area contributed by atoms with Gasteiger partial charge in [0.15, 0.2) is 0 Å². The van der Waals surface area contributed by atoms with E-state index in [2.05, 4.69) is 19.2 Å². The van der Waals surface area contributed by atoms with E-state index in [1.165, 1.54) is 7.11 Å². The van der Waals surface area contributed by atoms with Crippen LogP contribution in [0.3, 0.4) is 0 Å². The summed E-state index contributed by atoms with van der Waals surface area (Å²) < 4.78 is 4.89. The van der Waals surface area contributed by atoms with Crippen molar-refractivity contribution in [2.24, 2.45) is 11.7 Å². The molecule has 100 valence electrons. The molecular weight excluding hydrogens is 228 g/mol. The molecule has 0 heterocycles. The smallest absolute Gasteiger partial charge is 0.239 e. The Labute approximate surface area is 109 Å². The van der Waals surface area contributed by atoms with Crippen LogP contribution in [-0.2, 0) is 9.53 Å². The quantitative estimate of drug-likeness (QED) is 0.803. The van der Waals surface area contributed by atoms with Crippen molar-refractivity contribution in [2.75, 3.05) is 13.7 Å². The lowest BCUT2D eigenvalue weighted by Gasteiger charge is -2.24. The molecule has 1 amide bonds.